The molecular weight excluding hydrogens is 214 g/mol. The standard InChI is InChI=1S/C14H21NO2/c1-9(13(16)17)8-15-14-5-10-2-11(6-14)4-12(3-10)7-14/h10-12,15H,1-8H2,(H,16,17). The van der Waals surface area contributed by atoms with Gasteiger partial charge in [-0.3, -0.25) is 0 Å². The fourth-order valence-electron chi connectivity index (χ4n) is 4.70. The van der Waals surface area contributed by atoms with Crippen LogP contribution in [0.2, 0.25) is 0 Å². The number of rotatable bonds is 4. The number of carboxylic acids is 1. The van der Waals surface area contributed by atoms with Crippen LogP contribution in [-0.2, 0) is 4.79 Å². The molecular formula is C14H21NO2. The van der Waals surface area contributed by atoms with Gasteiger partial charge in [-0.2, -0.15) is 0 Å². The van der Waals surface area contributed by atoms with Crippen LogP contribution in [0.25, 0.3) is 0 Å². The van der Waals surface area contributed by atoms with Gasteiger partial charge in [0.05, 0.1) is 0 Å². The molecule has 4 aliphatic carbocycles. The molecule has 4 saturated carbocycles. The Labute approximate surface area is 102 Å². The van der Waals surface area contributed by atoms with Crippen LogP contribution in [0.1, 0.15) is 38.5 Å². The van der Waals surface area contributed by atoms with Gasteiger partial charge in [-0.15, -0.1) is 0 Å². The Hall–Kier alpha value is -0.830. The van der Waals surface area contributed by atoms with E-state index in [4.69, 9.17) is 5.11 Å². The number of aliphatic carboxylic acids is 1. The molecule has 3 nitrogen and oxygen atoms in total. The third-order valence-corrected chi connectivity index (χ3v) is 5.02. The molecule has 17 heavy (non-hydrogen) atoms. The molecule has 0 aromatic rings. The first-order valence-corrected chi connectivity index (χ1v) is 6.72. The molecule has 0 saturated heterocycles. The zero-order valence-corrected chi connectivity index (χ0v) is 10.2. The summed E-state index contributed by atoms with van der Waals surface area (Å²) < 4.78 is 0. The Kier molecular flexibility index (Phi) is 2.54. The molecule has 0 amide bonds. The van der Waals surface area contributed by atoms with Crippen molar-refractivity contribution in [2.45, 2.75) is 44.1 Å². The molecule has 2 N–H and O–H groups in total. The van der Waals surface area contributed by atoms with Gasteiger partial charge in [-0.05, 0) is 56.3 Å². The first kappa shape index (κ1) is 11.3. The third kappa shape index (κ3) is 2.01. The van der Waals surface area contributed by atoms with Crippen LogP contribution in [-0.4, -0.2) is 23.2 Å². The van der Waals surface area contributed by atoms with Crippen molar-refractivity contribution in [2.75, 3.05) is 6.54 Å². The Morgan fingerprint density at radius 3 is 2.06 bits per heavy atom. The van der Waals surface area contributed by atoms with E-state index in [9.17, 15) is 4.79 Å². The largest absolute Gasteiger partial charge is 0.478 e. The van der Waals surface area contributed by atoms with Gasteiger partial charge in [-0.1, -0.05) is 6.58 Å². The fraction of sp³-hybridized carbons (Fsp3) is 0.786. The molecule has 4 bridgehead atoms. The number of hydrogen-bond donors (Lipinski definition) is 2. The minimum atomic E-state index is -0.873. The molecule has 0 spiro atoms. The second kappa shape index (κ2) is 3.84. The van der Waals surface area contributed by atoms with E-state index in [1.165, 1.54) is 38.5 Å². The van der Waals surface area contributed by atoms with Gasteiger partial charge in [0.1, 0.15) is 0 Å². The highest BCUT2D eigenvalue weighted by Gasteiger charge is 2.50. The van der Waals surface area contributed by atoms with Gasteiger partial charge in [0, 0.05) is 17.7 Å². The summed E-state index contributed by atoms with van der Waals surface area (Å²) in [7, 11) is 0. The summed E-state index contributed by atoms with van der Waals surface area (Å²) in [4.78, 5) is 10.8. The van der Waals surface area contributed by atoms with Gasteiger partial charge in [0.15, 0.2) is 0 Å². The lowest BCUT2D eigenvalue weighted by Crippen LogP contribution is -2.58. The summed E-state index contributed by atoms with van der Waals surface area (Å²) in [5.74, 6) is 1.81. The summed E-state index contributed by atoms with van der Waals surface area (Å²) in [6.07, 6.45) is 8.02. The molecule has 0 aromatic heterocycles. The zero-order valence-electron chi connectivity index (χ0n) is 10.2. The van der Waals surface area contributed by atoms with E-state index in [0.29, 0.717) is 12.1 Å². The van der Waals surface area contributed by atoms with Crippen molar-refractivity contribution in [1.29, 1.82) is 0 Å². The van der Waals surface area contributed by atoms with Crippen molar-refractivity contribution in [2.24, 2.45) is 17.8 Å². The van der Waals surface area contributed by atoms with E-state index < -0.39 is 5.97 Å². The van der Waals surface area contributed by atoms with Crippen LogP contribution < -0.4 is 5.32 Å². The maximum absolute atomic E-state index is 10.8. The molecule has 0 aromatic carbocycles. The number of hydrogen-bond acceptors (Lipinski definition) is 2. The average molecular weight is 235 g/mol. The van der Waals surface area contributed by atoms with Gasteiger partial charge in [0.2, 0.25) is 0 Å². The van der Waals surface area contributed by atoms with E-state index >= 15 is 0 Å². The predicted molar refractivity (Wildman–Crippen MR) is 65.7 cm³/mol. The first-order valence-electron chi connectivity index (χ1n) is 6.72. The highest BCUT2D eigenvalue weighted by molar-refractivity contribution is 5.86. The molecule has 4 fully saturated rings. The molecule has 4 rings (SSSR count). The second-order valence-corrected chi connectivity index (χ2v) is 6.46. The van der Waals surface area contributed by atoms with E-state index in [1.807, 2.05) is 0 Å². The molecule has 0 atom stereocenters. The van der Waals surface area contributed by atoms with E-state index in [2.05, 4.69) is 11.9 Å². The van der Waals surface area contributed by atoms with Crippen LogP contribution in [0.4, 0.5) is 0 Å². The Morgan fingerprint density at radius 1 is 1.18 bits per heavy atom. The van der Waals surface area contributed by atoms with Gasteiger partial charge in [-0.25, -0.2) is 4.79 Å². The molecule has 0 aliphatic heterocycles. The van der Waals surface area contributed by atoms with Crippen molar-refractivity contribution in [3.63, 3.8) is 0 Å². The molecule has 94 valence electrons. The van der Waals surface area contributed by atoms with E-state index in [1.54, 1.807) is 0 Å². The lowest BCUT2D eigenvalue weighted by atomic mass is 9.53. The van der Waals surface area contributed by atoms with Crippen molar-refractivity contribution in [3.05, 3.63) is 12.2 Å². The van der Waals surface area contributed by atoms with Crippen molar-refractivity contribution in [3.8, 4) is 0 Å². The SMILES string of the molecule is C=C(CNC12CC3CC(CC(C3)C1)C2)C(=O)O. The summed E-state index contributed by atoms with van der Waals surface area (Å²) >= 11 is 0. The van der Waals surface area contributed by atoms with Crippen LogP contribution in [0.15, 0.2) is 12.2 Å². The lowest BCUT2D eigenvalue weighted by Gasteiger charge is -2.57. The summed E-state index contributed by atoms with van der Waals surface area (Å²) in [6, 6.07) is 0. The molecule has 3 heteroatoms. The topological polar surface area (TPSA) is 49.3 Å². The number of carbonyl (C=O) groups is 1. The summed E-state index contributed by atoms with van der Waals surface area (Å²) in [5, 5.41) is 12.4. The Balaban J connectivity index is 1.66. The highest BCUT2D eigenvalue weighted by Crippen LogP contribution is 2.55. The zero-order chi connectivity index (χ0) is 12.0. The molecule has 0 radical (unpaired) electrons. The first-order chi connectivity index (χ1) is 8.06. The minimum Gasteiger partial charge on any atom is -0.478 e. The second-order valence-electron chi connectivity index (χ2n) is 6.46. The van der Waals surface area contributed by atoms with Gasteiger partial charge < -0.3 is 10.4 Å². The molecule has 0 unspecified atom stereocenters. The normalized spacial score (nSPS) is 42.7. The number of nitrogens with one attached hydrogen (secondary N) is 1. The molecule has 4 aliphatic rings. The Morgan fingerprint density at radius 2 is 1.65 bits per heavy atom. The predicted octanol–water partition coefficient (Wildman–Crippen LogP) is 2.19. The maximum Gasteiger partial charge on any atom is 0.332 e. The maximum atomic E-state index is 10.8. The number of carboxylic acid groups (broad SMARTS) is 1. The highest BCUT2D eigenvalue weighted by atomic mass is 16.4. The smallest absolute Gasteiger partial charge is 0.332 e. The van der Waals surface area contributed by atoms with Gasteiger partial charge >= 0.3 is 5.97 Å². The van der Waals surface area contributed by atoms with E-state index in [0.717, 1.165) is 17.8 Å². The summed E-state index contributed by atoms with van der Waals surface area (Å²) in [5.41, 5.74) is 0.536. The quantitative estimate of drug-likeness (QED) is 0.734. The van der Waals surface area contributed by atoms with Gasteiger partial charge in [0.25, 0.3) is 0 Å². The summed E-state index contributed by atoms with van der Waals surface area (Å²) in [6.45, 7) is 4.06. The monoisotopic (exact) mass is 235 g/mol. The van der Waals surface area contributed by atoms with Crippen molar-refractivity contribution in [1.82, 2.24) is 5.32 Å². The van der Waals surface area contributed by atoms with Crippen molar-refractivity contribution >= 4 is 5.97 Å². The Bertz CT molecular complexity index is 326. The lowest BCUT2D eigenvalue weighted by molar-refractivity contribution is -0.132. The average Bonchev–Trinajstić information content (AvgIpc) is 2.24. The molecule has 0 heterocycles. The third-order valence-electron chi connectivity index (χ3n) is 5.02. The van der Waals surface area contributed by atoms with Crippen molar-refractivity contribution < 1.29 is 9.90 Å². The van der Waals surface area contributed by atoms with E-state index in [-0.39, 0.29) is 5.54 Å². The fourth-order valence-corrected chi connectivity index (χ4v) is 4.70. The van der Waals surface area contributed by atoms with Crippen LogP contribution in [0, 0.1) is 17.8 Å². The van der Waals surface area contributed by atoms with Crippen LogP contribution in [0.3, 0.4) is 0 Å². The van der Waals surface area contributed by atoms with Crippen LogP contribution >= 0.6 is 0 Å². The minimum absolute atomic E-state index is 0.243. The van der Waals surface area contributed by atoms with Crippen LogP contribution in [0.5, 0.6) is 0 Å².